The molecule has 1 aromatic heterocycles. The van der Waals surface area contributed by atoms with Crippen molar-refractivity contribution >= 4 is 38.5 Å². The minimum absolute atomic E-state index is 0.246. The van der Waals surface area contributed by atoms with E-state index in [4.69, 9.17) is 10.1 Å². The number of fused-ring (bicyclic) bond motifs is 1. The molecule has 4 nitrogen and oxygen atoms in total. The van der Waals surface area contributed by atoms with E-state index in [9.17, 15) is 4.79 Å². The summed E-state index contributed by atoms with van der Waals surface area (Å²) in [6.45, 7) is 1.18. The van der Waals surface area contributed by atoms with Crippen LogP contribution in [-0.2, 0) is 4.79 Å². The molecule has 2 fully saturated rings. The number of aliphatic carboxylic acids is 1. The van der Waals surface area contributed by atoms with Crippen molar-refractivity contribution in [2.45, 2.75) is 18.8 Å². The minimum atomic E-state index is -0.701. The van der Waals surface area contributed by atoms with Gasteiger partial charge in [0.2, 0.25) is 0 Å². The van der Waals surface area contributed by atoms with Crippen LogP contribution in [0.15, 0.2) is 28.7 Å². The average Bonchev–Trinajstić information content (AvgIpc) is 3.21. The normalized spacial score (nSPS) is 18.8. The number of rotatable bonds is 3. The van der Waals surface area contributed by atoms with Crippen LogP contribution in [0.5, 0.6) is 0 Å². The molecular formula is C16H15BrN2O2. The van der Waals surface area contributed by atoms with Crippen LogP contribution in [0.25, 0.3) is 10.9 Å². The molecule has 4 rings (SSSR count). The summed E-state index contributed by atoms with van der Waals surface area (Å²) in [6, 6.07) is 8.23. The summed E-state index contributed by atoms with van der Waals surface area (Å²) < 4.78 is 0.999. The minimum Gasteiger partial charge on any atom is -0.481 e. The Morgan fingerprint density at radius 1 is 1.33 bits per heavy atom. The number of hydrogen-bond donors (Lipinski definition) is 1. The quantitative estimate of drug-likeness (QED) is 0.925. The second kappa shape index (κ2) is 4.70. The predicted molar refractivity (Wildman–Crippen MR) is 84.8 cm³/mol. The third kappa shape index (κ3) is 2.20. The zero-order chi connectivity index (χ0) is 14.6. The van der Waals surface area contributed by atoms with Crippen LogP contribution < -0.4 is 4.90 Å². The van der Waals surface area contributed by atoms with Crippen molar-refractivity contribution < 1.29 is 9.90 Å². The first-order chi connectivity index (χ1) is 10.1. The summed E-state index contributed by atoms with van der Waals surface area (Å²) in [5.41, 5.74) is 3.25. The number of carbonyl (C=O) groups is 1. The van der Waals surface area contributed by atoms with E-state index in [1.54, 1.807) is 0 Å². The summed E-state index contributed by atoms with van der Waals surface area (Å²) in [6.07, 6.45) is 2.42. The van der Waals surface area contributed by atoms with Crippen LogP contribution in [0.4, 0.5) is 5.69 Å². The van der Waals surface area contributed by atoms with Gasteiger partial charge in [-0.1, -0.05) is 12.1 Å². The van der Waals surface area contributed by atoms with E-state index in [0.717, 1.165) is 26.8 Å². The molecule has 1 saturated heterocycles. The van der Waals surface area contributed by atoms with Crippen molar-refractivity contribution in [2.24, 2.45) is 5.92 Å². The summed E-state index contributed by atoms with van der Waals surface area (Å²) in [5.74, 6) is -0.366. The lowest BCUT2D eigenvalue weighted by Gasteiger charge is -2.39. The first-order valence-electron chi connectivity index (χ1n) is 7.20. The number of halogens is 1. The first-order valence-corrected chi connectivity index (χ1v) is 7.99. The highest BCUT2D eigenvalue weighted by atomic mass is 79.9. The zero-order valence-corrected chi connectivity index (χ0v) is 13.0. The molecule has 0 unspecified atom stereocenters. The molecule has 21 heavy (non-hydrogen) atoms. The molecule has 1 saturated carbocycles. The van der Waals surface area contributed by atoms with Gasteiger partial charge in [0.1, 0.15) is 0 Å². The number of benzene rings is 1. The van der Waals surface area contributed by atoms with Crippen molar-refractivity contribution in [3.8, 4) is 0 Å². The van der Waals surface area contributed by atoms with E-state index < -0.39 is 5.97 Å². The number of anilines is 1. The van der Waals surface area contributed by atoms with E-state index >= 15 is 0 Å². The van der Waals surface area contributed by atoms with Crippen LogP contribution in [0.3, 0.4) is 0 Å². The SMILES string of the molecule is O=C(O)C1CN(c2cc(C3CC3)nc3c(Br)cccc23)C1. The van der Waals surface area contributed by atoms with Gasteiger partial charge >= 0.3 is 5.97 Å². The van der Waals surface area contributed by atoms with Gasteiger partial charge < -0.3 is 10.0 Å². The number of carboxylic acids is 1. The largest absolute Gasteiger partial charge is 0.481 e. The number of nitrogens with zero attached hydrogens (tertiary/aromatic N) is 2. The molecule has 2 aliphatic rings. The van der Waals surface area contributed by atoms with E-state index in [1.165, 1.54) is 12.8 Å². The summed E-state index contributed by atoms with van der Waals surface area (Å²) in [7, 11) is 0. The van der Waals surface area contributed by atoms with Gasteiger partial charge in [0.15, 0.2) is 0 Å². The lowest BCUT2D eigenvalue weighted by Crippen LogP contribution is -2.50. The van der Waals surface area contributed by atoms with Gasteiger partial charge in [-0.2, -0.15) is 0 Å². The summed E-state index contributed by atoms with van der Waals surface area (Å²) in [5, 5.41) is 10.2. The van der Waals surface area contributed by atoms with E-state index in [0.29, 0.717) is 19.0 Å². The number of hydrogen-bond acceptors (Lipinski definition) is 3. The van der Waals surface area contributed by atoms with Crippen LogP contribution in [-0.4, -0.2) is 29.1 Å². The topological polar surface area (TPSA) is 53.4 Å². The maximum absolute atomic E-state index is 11.0. The molecule has 1 aromatic carbocycles. The van der Waals surface area contributed by atoms with Crippen LogP contribution >= 0.6 is 15.9 Å². The highest BCUT2D eigenvalue weighted by molar-refractivity contribution is 9.10. The monoisotopic (exact) mass is 346 g/mol. The lowest BCUT2D eigenvalue weighted by molar-refractivity contribution is -0.142. The smallest absolute Gasteiger partial charge is 0.310 e. The fraction of sp³-hybridized carbons (Fsp3) is 0.375. The van der Waals surface area contributed by atoms with Gasteiger partial charge in [-0.15, -0.1) is 0 Å². The molecule has 0 radical (unpaired) electrons. The second-order valence-corrected chi connectivity index (χ2v) is 6.77. The highest BCUT2D eigenvalue weighted by Crippen LogP contribution is 2.43. The maximum atomic E-state index is 11.0. The molecule has 0 spiro atoms. The number of carboxylic acid groups (broad SMARTS) is 1. The lowest BCUT2D eigenvalue weighted by atomic mass is 9.98. The molecule has 2 heterocycles. The van der Waals surface area contributed by atoms with Crippen molar-refractivity contribution in [1.29, 1.82) is 0 Å². The third-order valence-electron chi connectivity index (χ3n) is 4.36. The zero-order valence-electron chi connectivity index (χ0n) is 11.4. The third-order valence-corrected chi connectivity index (χ3v) is 5.00. The average molecular weight is 347 g/mol. The highest BCUT2D eigenvalue weighted by Gasteiger charge is 2.34. The van der Waals surface area contributed by atoms with Crippen LogP contribution in [0, 0.1) is 5.92 Å². The molecule has 2 aromatic rings. The number of aromatic nitrogens is 1. The van der Waals surface area contributed by atoms with Crippen molar-refractivity contribution in [3.05, 3.63) is 34.4 Å². The van der Waals surface area contributed by atoms with E-state index in [1.807, 2.05) is 12.1 Å². The van der Waals surface area contributed by atoms with Gasteiger partial charge in [0.05, 0.1) is 11.4 Å². The molecular weight excluding hydrogens is 332 g/mol. The van der Waals surface area contributed by atoms with Crippen LogP contribution in [0.2, 0.25) is 0 Å². The Hall–Kier alpha value is -1.62. The predicted octanol–water partition coefficient (Wildman–Crippen LogP) is 3.40. The first kappa shape index (κ1) is 13.1. The molecule has 1 aliphatic carbocycles. The van der Waals surface area contributed by atoms with Gasteiger partial charge in [0.25, 0.3) is 0 Å². The fourth-order valence-electron chi connectivity index (χ4n) is 2.90. The molecule has 0 amide bonds. The Kier molecular flexibility index (Phi) is 2.92. The molecule has 1 N–H and O–H groups in total. The molecule has 5 heteroatoms. The summed E-state index contributed by atoms with van der Waals surface area (Å²) >= 11 is 3.58. The Morgan fingerprint density at radius 2 is 2.10 bits per heavy atom. The Morgan fingerprint density at radius 3 is 2.76 bits per heavy atom. The molecule has 0 atom stereocenters. The van der Waals surface area contributed by atoms with Crippen molar-refractivity contribution in [3.63, 3.8) is 0 Å². The fourth-order valence-corrected chi connectivity index (χ4v) is 3.35. The molecule has 0 bridgehead atoms. The Labute approximate surface area is 130 Å². The van der Waals surface area contributed by atoms with Gasteiger partial charge in [-0.3, -0.25) is 9.78 Å². The number of para-hydroxylation sites is 1. The van der Waals surface area contributed by atoms with E-state index in [2.05, 4.69) is 33.0 Å². The standard InChI is InChI=1S/C16H15BrN2O2/c17-12-3-1-2-11-14(19-7-10(8-19)16(20)21)6-13(9-4-5-9)18-15(11)12/h1-3,6,9-10H,4-5,7-8H2,(H,20,21). The molecule has 1 aliphatic heterocycles. The van der Waals surface area contributed by atoms with Gasteiger partial charge in [-0.25, -0.2) is 0 Å². The van der Waals surface area contributed by atoms with Gasteiger partial charge in [-0.05, 0) is 40.9 Å². The Balaban J connectivity index is 1.79. The van der Waals surface area contributed by atoms with Gasteiger partial charge in [0, 0.05) is 40.2 Å². The van der Waals surface area contributed by atoms with Crippen LogP contribution in [0.1, 0.15) is 24.5 Å². The number of pyridine rings is 1. The second-order valence-electron chi connectivity index (χ2n) is 5.92. The molecule has 108 valence electrons. The maximum Gasteiger partial charge on any atom is 0.310 e. The summed E-state index contributed by atoms with van der Waals surface area (Å²) in [4.78, 5) is 18.0. The van der Waals surface area contributed by atoms with Crippen molar-refractivity contribution in [2.75, 3.05) is 18.0 Å². The van der Waals surface area contributed by atoms with Crippen molar-refractivity contribution in [1.82, 2.24) is 4.98 Å². The Bertz CT molecular complexity index is 736. The van der Waals surface area contributed by atoms with E-state index in [-0.39, 0.29) is 5.92 Å².